The number of benzene rings is 1. The molecule has 0 saturated heterocycles. The van der Waals surface area contributed by atoms with E-state index in [1.54, 1.807) is 11.1 Å². The average Bonchev–Trinajstić information content (AvgIpc) is 2.33. The van der Waals surface area contributed by atoms with Gasteiger partial charge in [0.25, 0.3) is 0 Å². The van der Waals surface area contributed by atoms with Gasteiger partial charge in [-0.3, -0.25) is 0 Å². The van der Waals surface area contributed by atoms with Gasteiger partial charge < -0.3 is 0 Å². The normalized spacial score (nSPS) is 14.0. The first-order valence-corrected chi connectivity index (χ1v) is 3.53. The zero-order chi connectivity index (χ0) is 6.10. The van der Waals surface area contributed by atoms with Crippen molar-refractivity contribution in [1.29, 1.82) is 0 Å². The van der Waals surface area contributed by atoms with Gasteiger partial charge in [0.05, 0.1) is 0 Å². The molecular formula is C9H10Ti. The van der Waals surface area contributed by atoms with Gasteiger partial charge in [-0.1, -0.05) is 24.3 Å². The first kappa shape index (κ1) is 8.03. The third kappa shape index (κ3) is 1.33. The summed E-state index contributed by atoms with van der Waals surface area (Å²) in [4.78, 5) is 0. The van der Waals surface area contributed by atoms with Crippen LogP contribution in [0.4, 0.5) is 0 Å². The quantitative estimate of drug-likeness (QED) is 0.518. The molecule has 0 heterocycles. The molecule has 1 heteroatoms. The van der Waals surface area contributed by atoms with Crippen molar-refractivity contribution in [2.75, 3.05) is 0 Å². The molecule has 1 aromatic carbocycles. The van der Waals surface area contributed by atoms with E-state index in [0.29, 0.717) is 0 Å². The molecule has 0 nitrogen and oxygen atoms in total. The van der Waals surface area contributed by atoms with Gasteiger partial charge in [0.15, 0.2) is 0 Å². The number of rotatable bonds is 0. The van der Waals surface area contributed by atoms with Crippen molar-refractivity contribution < 1.29 is 21.7 Å². The van der Waals surface area contributed by atoms with Crippen LogP contribution in [0.2, 0.25) is 0 Å². The van der Waals surface area contributed by atoms with E-state index in [0.717, 1.165) is 0 Å². The number of aryl methyl sites for hydroxylation is 2. The Morgan fingerprint density at radius 2 is 1.40 bits per heavy atom. The fourth-order valence-corrected chi connectivity index (χ4v) is 1.51. The van der Waals surface area contributed by atoms with Gasteiger partial charge in [0.1, 0.15) is 0 Å². The van der Waals surface area contributed by atoms with Gasteiger partial charge >= 0.3 is 0 Å². The summed E-state index contributed by atoms with van der Waals surface area (Å²) < 4.78 is 0. The smallest absolute Gasteiger partial charge is 0 e. The summed E-state index contributed by atoms with van der Waals surface area (Å²) in [6.07, 6.45) is 3.96. The topological polar surface area (TPSA) is 0 Å². The Morgan fingerprint density at radius 3 is 1.90 bits per heavy atom. The summed E-state index contributed by atoms with van der Waals surface area (Å²) in [7, 11) is 0. The molecule has 1 aromatic rings. The van der Waals surface area contributed by atoms with Crippen LogP contribution in [0.1, 0.15) is 17.5 Å². The standard InChI is InChI=1S/C9H10.Ti/c1-2-5-9-7-3-6-8(9)4-1;/h1-2,4-5H,3,6-7H2;. The Morgan fingerprint density at radius 1 is 0.900 bits per heavy atom. The van der Waals surface area contributed by atoms with E-state index in [4.69, 9.17) is 0 Å². The minimum absolute atomic E-state index is 0. The second-order valence-corrected chi connectivity index (χ2v) is 2.62. The van der Waals surface area contributed by atoms with E-state index in [9.17, 15) is 0 Å². The van der Waals surface area contributed by atoms with Gasteiger partial charge in [-0.05, 0) is 30.4 Å². The summed E-state index contributed by atoms with van der Waals surface area (Å²) in [6.45, 7) is 0. The third-order valence-electron chi connectivity index (χ3n) is 2.01. The molecule has 0 N–H and O–H groups in total. The predicted molar refractivity (Wildman–Crippen MR) is 38.5 cm³/mol. The van der Waals surface area contributed by atoms with E-state index >= 15 is 0 Å². The van der Waals surface area contributed by atoms with Gasteiger partial charge in [-0.25, -0.2) is 0 Å². The van der Waals surface area contributed by atoms with Gasteiger partial charge in [-0.15, -0.1) is 0 Å². The molecule has 1 aliphatic carbocycles. The average molecular weight is 166 g/mol. The van der Waals surface area contributed by atoms with Crippen molar-refractivity contribution in [3.05, 3.63) is 35.4 Å². The first-order chi connectivity index (χ1) is 4.47. The fraction of sp³-hybridized carbons (Fsp3) is 0.333. The van der Waals surface area contributed by atoms with Crippen LogP contribution in [0.25, 0.3) is 0 Å². The molecule has 0 fully saturated rings. The van der Waals surface area contributed by atoms with Crippen LogP contribution in [0, 0.1) is 0 Å². The SMILES string of the molecule is [Ti].c1ccc2c(c1)CCC2. The second-order valence-electron chi connectivity index (χ2n) is 2.62. The van der Waals surface area contributed by atoms with Gasteiger partial charge in [0, 0.05) is 21.7 Å². The molecular weight excluding hydrogens is 156 g/mol. The summed E-state index contributed by atoms with van der Waals surface area (Å²) in [5.74, 6) is 0. The largest absolute Gasteiger partial charge is 0.0620 e. The molecule has 0 spiro atoms. The first-order valence-electron chi connectivity index (χ1n) is 3.53. The van der Waals surface area contributed by atoms with E-state index in [-0.39, 0.29) is 21.7 Å². The molecule has 0 amide bonds. The Balaban J connectivity index is 0.000000500. The maximum absolute atomic E-state index is 2.24. The number of hydrogen-bond donors (Lipinski definition) is 0. The van der Waals surface area contributed by atoms with Gasteiger partial charge in [0.2, 0.25) is 0 Å². The molecule has 0 atom stereocenters. The Hall–Kier alpha value is -0.0657. The predicted octanol–water partition coefficient (Wildman–Crippen LogP) is 2.17. The van der Waals surface area contributed by atoms with Crippen molar-refractivity contribution in [2.45, 2.75) is 19.3 Å². The van der Waals surface area contributed by atoms with Crippen LogP contribution in [0.15, 0.2) is 24.3 Å². The molecule has 0 bridgehead atoms. The van der Waals surface area contributed by atoms with Crippen LogP contribution < -0.4 is 0 Å². The molecule has 0 aromatic heterocycles. The summed E-state index contributed by atoms with van der Waals surface area (Å²) in [6, 6.07) is 8.74. The molecule has 1 aliphatic rings. The van der Waals surface area contributed by atoms with E-state index in [2.05, 4.69) is 24.3 Å². The van der Waals surface area contributed by atoms with Crippen molar-refractivity contribution in [3.8, 4) is 0 Å². The Labute approximate surface area is 76.5 Å². The zero-order valence-corrected chi connectivity index (χ0v) is 7.49. The number of hydrogen-bond acceptors (Lipinski definition) is 0. The van der Waals surface area contributed by atoms with Crippen LogP contribution >= 0.6 is 0 Å². The summed E-state index contributed by atoms with van der Waals surface area (Å²) >= 11 is 0. The zero-order valence-electron chi connectivity index (χ0n) is 5.93. The molecule has 0 aliphatic heterocycles. The monoisotopic (exact) mass is 166 g/mol. The molecule has 50 valence electrons. The van der Waals surface area contributed by atoms with Crippen LogP contribution in [-0.4, -0.2) is 0 Å². The maximum Gasteiger partial charge on any atom is 0 e. The van der Waals surface area contributed by atoms with Crippen molar-refractivity contribution in [3.63, 3.8) is 0 Å². The van der Waals surface area contributed by atoms with E-state index in [1.807, 2.05) is 0 Å². The maximum atomic E-state index is 2.24. The second kappa shape index (κ2) is 3.36. The van der Waals surface area contributed by atoms with Crippen molar-refractivity contribution in [1.82, 2.24) is 0 Å². The Kier molecular flexibility index (Phi) is 2.70. The van der Waals surface area contributed by atoms with Crippen LogP contribution in [0.5, 0.6) is 0 Å². The number of fused-ring (bicyclic) bond motifs is 1. The van der Waals surface area contributed by atoms with Crippen LogP contribution in [-0.2, 0) is 34.6 Å². The molecule has 0 saturated carbocycles. The molecule has 0 unspecified atom stereocenters. The molecule has 10 heavy (non-hydrogen) atoms. The minimum Gasteiger partial charge on any atom is -0.0620 e. The van der Waals surface area contributed by atoms with Crippen molar-refractivity contribution >= 4 is 0 Å². The Bertz CT molecular complexity index is 195. The molecule has 0 radical (unpaired) electrons. The summed E-state index contributed by atoms with van der Waals surface area (Å²) in [5.41, 5.74) is 3.13. The van der Waals surface area contributed by atoms with E-state index in [1.165, 1.54) is 19.3 Å². The minimum atomic E-state index is 0. The van der Waals surface area contributed by atoms with Crippen molar-refractivity contribution in [2.24, 2.45) is 0 Å². The fourth-order valence-electron chi connectivity index (χ4n) is 1.51. The third-order valence-corrected chi connectivity index (χ3v) is 2.01. The van der Waals surface area contributed by atoms with Gasteiger partial charge in [-0.2, -0.15) is 0 Å². The van der Waals surface area contributed by atoms with Crippen LogP contribution in [0.3, 0.4) is 0 Å². The van der Waals surface area contributed by atoms with E-state index < -0.39 is 0 Å². The summed E-state index contributed by atoms with van der Waals surface area (Å²) in [5, 5.41) is 0. The molecule has 2 rings (SSSR count).